The molecule has 0 saturated carbocycles. The van der Waals surface area contributed by atoms with E-state index in [1.54, 1.807) is 6.26 Å². The number of oxazole rings is 1. The Hall–Kier alpha value is -1.56. The van der Waals surface area contributed by atoms with Crippen molar-refractivity contribution in [3.8, 4) is 0 Å². The Kier molecular flexibility index (Phi) is 3.63. The minimum Gasteiger partial charge on any atom is -0.439 e. The molecule has 0 aliphatic rings. The zero-order chi connectivity index (χ0) is 12.3. The van der Waals surface area contributed by atoms with Gasteiger partial charge >= 0.3 is 0 Å². The van der Waals surface area contributed by atoms with Gasteiger partial charge in [0, 0.05) is 5.56 Å². The van der Waals surface area contributed by atoms with Crippen LogP contribution < -0.4 is 5.73 Å². The number of rotatable bonds is 4. The van der Waals surface area contributed by atoms with Crippen molar-refractivity contribution in [2.24, 2.45) is 0 Å². The summed E-state index contributed by atoms with van der Waals surface area (Å²) < 4.78 is 5.29. The minimum atomic E-state index is 0.535. The molecule has 0 bridgehead atoms. The molecule has 90 valence electrons. The Morgan fingerprint density at radius 2 is 2.24 bits per heavy atom. The molecular formula is C11H14N4OS. The van der Waals surface area contributed by atoms with E-state index in [4.69, 9.17) is 10.2 Å². The SMILES string of the molecule is CCCc1c(N)ncnc1Sc1nc(C)co1. The summed E-state index contributed by atoms with van der Waals surface area (Å²) in [5.74, 6) is 0.535. The van der Waals surface area contributed by atoms with Gasteiger partial charge in [-0.2, -0.15) is 0 Å². The smallest absolute Gasteiger partial charge is 0.262 e. The zero-order valence-electron chi connectivity index (χ0n) is 9.80. The number of aryl methyl sites for hydroxylation is 1. The van der Waals surface area contributed by atoms with Crippen LogP contribution in [0.3, 0.4) is 0 Å². The van der Waals surface area contributed by atoms with Crippen LogP contribution in [-0.2, 0) is 6.42 Å². The Morgan fingerprint density at radius 3 is 2.88 bits per heavy atom. The van der Waals surface area contributed by atoms with E-state index in [2.05, 4.69) is 21.9 Å². The van der Waals surface area contributed by atoms with Crippen molar-refractivity contribution in [1.29, 1.82) is 0 Å². The molecule has 0 spiro atoms. The Labute approximate surface area is 104 Å². The number of anilines is 1. The summed E-state index contributed by atoms with van der Waals surface area (Å²) in [5.41, 5.74) is 7.67. The third-order valence-corrected chi connectivity index (χ3v) is 3.13. The first-order chi connectivity index (χ1) is 8.20. The number of nitrogens with zero attached hydrogens (tertiary/aromatic N) is 3. The summed E-state index contributed by atoms with van der Waals surface area (Å²) in [4.78, 5) is 12.5. The molecule has 2 aromatic heterocycles. The summed E-state index contributed by atoms with van der Waals surface area (Å²) in [6.45, 7) is 3.98. The van der Waals surface area contributed by atoms with Crippen LogP contribution in [0.5, 0.6) is 0 Å². The van der Waals surface area contributed by atoms with Crippen LogP contribution >= 0.6 is 11.8 Å². The van der Waals surface area contributed by atoms with Crippen molar-refractivity contribution < 1.29 is 4.42 Å². The molecule has 0 atom stereocenters. The maximum absolute atomic E-state index is 5.85. The van der Waals surface area contributed by atoms with Gasteiger partial charge in [0.25, 0.3) is 5.22 Å². The highest BCUT2D eigenvalue weighted by molar-refractivity contribution is 7.99. The number of nitrogens with two attached hydrogens (primary N) is 1. The molecule has 2 aromatic rings. The van der Waals surface area contributed by atoms with Crippen molar-refractivity contribution in [2.75, 3.05) is 5.73 Å². The van der Waals surface area contributed by atoms with Gasteiger partial charge in [0.15, 0.2) is 0 Å². The fourth-order valence-electron chi connectivity index (χ4n) is 1.44. The second-order valence-corrected chi connectivity index (χ2v) is 4.59. The van der Waals surface area contributed by atoms with E-state index in [9.17, 15) is 0 Å². The molecule has 0 fully saturated rings. The van der Waals surface area contributed by atoms with Crippen molar-refractivity contribution in [1.82, 2.24) is 15.0 Å². The second-order valence-electron chi connectivity index (χ2n) is 3.65. The highest BCUT2D eigenvalue weighted by Gasteiger charge is 2.12. The summed E-state index contributed by atoms with van der Waals surface area (Å²) >= 11 is 1.38. The van der Waals surface area contributed by atoms with Crippen LogP contribution in [0.1, 0.15) is 24.6 Å². The lowest BCUT2D eigenvalue weighted by atomic mass is 10.2. The van der Waals surface area contributed by atoms with Crippen LogP contribution in [0.25, 0.3) is 0 Å². The lowest BCUT2D eigenvalue weighted by Crippen LogP contribution is -2.01. The molecule has 6 heteroatoms. The molecule has 0 aromatic carbocycles. The van der Waals surface area contributed by atoms with Crippen LogP contribution in [0, 0.1) is 6.92 Å². The molecule has 0 unspecified atom stereocenters. The third kappa shape index (κ3) is 2.76. The first-order valence-corrected chi connectivity index (χ1v) is 6.21. The topological polar surface area (TPSA) is 77.8 Å². The minimum absolute atomic E-state index is 0.535. The molecule has 2 N–H and O–H groups in total. The third-order valence-electron chi connectivity index (χ3n) is 2.22. The predicted molar refractivity (Wildman–Crippen MR) is 65.8 cm³/mol. The Balaban J connectivity index is 2.28. The Morgan fingerprint density at radius 1 is 1.41 bits per heavy atom. The van der Waals surface area contributed by atoms with Crippen LogP contribution in [0.2, 0.25) is 0 Å². The van der Waals surface area contributed by atoms with Gasteiger partial charge in [-0.1, -0.05) is 13.3 Å². The van der Waals surface area contributed by atoms with Gasteiger partial charge in [-0.05, 0) is 25.1 Å². The van der Waals surface area contributed by atoms with Gasteiger partial charge in [0.05, 0.1) is 5.69 Å². The van der Waals surface area contributed by atoms with Crippen LogP contribution in [0.15, 0.2) is 27.3 Å². The van der Waals surface area contributed by atoms with E-state index in [1.165, 1.54) is 18.1 Å². The molecule has 0 aliphatic carbocycles. The van der Waals surface area contributed by atoms with E-state index < -0.39 is 0 Å². The first-order valence-electron chi connectivity index (χ1n) is 5.40. The lowest BCUT2D eigenvalue weighted by Gasteiger charge is -2.06. The lowest BCUT2D eigenvalue weighted by molar-refractivity contribution is 0.453. The van der Waals surface area contributed by atoms with Gasteiger partial charge in [0.1, 0.15) is 23.4 Å². The molecule has 17 heavy (non-hydrogen) atoms. The van der Waals surface area contributed by atoms with Gasteiger partial charge in [-0.15, -0.1) is 0 Å². The molecule has 0 radical (unpaired) electrons. The highest BCUT2D eigenvalue weighted by Crippen LogP contribution is 2.30. The van der Waals surface area contributed by atoms with Gasteiger partial charge in [-0.3, -0.25) is 0 Å². The molecule has 0 saturated heterocycles. The average Bonchev–Trinajstić information content (AvgIpc) is 2.69. The molecule has 5 nitrogen and oxygen atoms in total. The summed E-state index contributed by atoms with van der Waals surface area (Å²) in [7, 11) is 0. The predicted octanol–water partition coefficient (Wildman–Crippen LogP) is 2.46. The molecule has 0 amide bonds. The monoisotopic (exact) mass is 250 g/mol. The Bertz CT molecular complexity index is 512. The molecule has 0 aliphatic heterocycles. The molecular weight excluding hydrogens is 236 g/mol. The molecule has 2 heterocycles. The summed E-state index contributed by atoms with van der Waals surface area (Å²) in [5, 5.41) is 1.40. The largest absolute Gasteiger partial charge is 0.439 e. The second kappa shape index (κ2) is 5.18. The van der Waals surface area contributed by atoms with E-state index >= 15 is 0 Å². The first kappa shape index (κ1) is 11.9. The van der Waals surface area contributed by atoms with Gasteiger partial charge < -0.3 is 10.2 Å². The van der Waals surface area contributed by atoms with E-state index in [-0.39, 0.29) is 0 Å². The van der Waals surface area contributed by atoms with E-state index in [0.29, 0.717) is 11.0 Å². The quantitative estimate of drug-likeness (QED) is 0.840. The highest BCUT2D eigenvalue weighted by atomic mass is 32.2. The molecule has 2 rings (SSSR count). The standard InChI is InChI=1S/C11H14N4OS/c1-3-4-8-9(12)13-6-14-10(8)17-11-15-7(2)5-16-11/h5-6H,3-4H2,1-2H3,(H2,12,13,14). The number of hydrogen-bond donors (Lipinski definition) is 1. The summed E-state index contributed by atoms with van der Waals surface area (Å²) in [6.07, 6.45) is 4.93. The summed E-state index contributed by atoms with van der Waals surface area (Å²) in [6, 6.07) is 0. The average molecular weight is 250 g/mol. The van der Waals surface area contributed by atoms with Crippen LogP contribution in [0.4, 0.5) is 5.82 Å². The number of aromatic nitrogens is 3. The van der Waals surface area contributed by atoms with Crippen molar-refractivity contribution in [2.45, 2.75) is 36.9 Å². The van der Waals surface area contributed by atoms with Gasteiger partial charge in [-0.25, -0.2) is 15.0 Å². The maximum Gasteiger partial charge on any atom is 0.262 e. The maximum atomic E-state index is 5.85. The van der Waals surface area contributed by atoms with E-state index in [1.807, 2.05) is 6.92 Å². The van der Waals surface area contributed by atoms with Crippen molar-refractivity contribution in [3.05, 3.63) is 23.8 Å². The zero-order valence-corrected chi connectivity index (χ0v) is 10.6. The fraction of sp³-hybridized carbons (Fsp3) is 0.364. The van der Waals surface area contributed by atoms with Gasteiger partial charge in [0.2, 0.25) is 0 Å². The number of hydrogen-bond acceptors (Lipinski definition) is 6. The van der Waals surface area contributed by atoms with Crippen molar-refractivity contribution in [3.63, 3.8) is 0 Å². The van der Waals surface area contributed by atoms with Crippen LogP contribution in [-0.4, -0.2) is 15.0 Å². The number of nitrogen functional groups attached to an aromatic ring is 1. The van der Waals surface area contributed by atoms with E-state index in [0.717, 1.165) is 29.1 Å². The van der Waals surface area contributed by atoms with Crippen molar-refractivity contribution >= 4 is 17.6 Å². The normalized spacial score (nSPS) is 10.7. The fourth-order valence-corrected chi connectivity index (χ4v) is 2.32.